The van der Waals surface area contributed by atoms with Crippen molar-refractivity contribution in [1.82, 2.24) is 0 Å². The summed E-state index contributed by atoms with van der Waals surface area (Å²) < 4.78 is 48.8. The molecule has 0 heterocycles. The third-order valence-corrected chi connectivity index (χ3v) is 5.03. The third kappa shape index (κ3) is 3.75. The Hall–Kier alpha value is -0.980. The Morgan fingerprint density at radius 2 is 1.95 bits per heavy atom. The first-order chi connectivity index (χ1) is 8.93. The van der Waals surface area contributed by atoms with Gasteiger partial charge in [0.1, 0.15) is 10.9 Å². The first-order valence-corrected chi connectivity index (χ1v) is 7.60. The summed E-state index contributed by atoms with van der Waals surface area (Å²) >= 11 is 0. The molecular weight excluding hydrogens is 271 g/mol. The maximum atomic E-state index is 13.7. The van der Waals surface area contributed by atoms with Crippen molar-refractivity contribution in [3.05, 3.63) is 35.9 Å². The number of rotatable bonds is 7. The zero-order chi connectivity index (χ0) is 13.9. The first kappa shape index (κ1) is 14.4. The lowest BCUT2D eigenvalue weighted by atomic mass is 10.2. The quantitative estimate of drug-likeness (QED) is 0.782. The molecule has 106 valence electrons. The highest BCUT2D eigenvalue weighted by Gasteiger charge is 2.55. The summed E-state index contributed by atoms with van der Waals surface area (Å²) in [7, 11) is -4.16. The van der Waals surface area contributed by atoms with Crippen molar-refractivity contribution >= 4 is 10.1 Å². The van der Waals surface area contributed by atoms with Crippen LogP contribution in [0.5, 0.6) is 0 Å². The Balaban J connectivity index is 1.75. The van der Waals surface area contributed by atoms with Gasteiger partial charge in [0.25, 0.3) is 10.1 Å². The highest BCUT2D eigenvalue weighted by molar-refractivity contribution is 7.87. The molecule has 1 aromatic carbocycles. The second kappa shape index (κ2) is 5.56. The average molecular weight is 288 g/mol. The molecule has 0 aliphatic heterocycles. The van der Waals surface area contributed by atoms with E-state index in [1.165, 1.54) is 0 Å². The maximum absolute atomic E-state index is 13.7. The molecule has 0 aromatic heterocycles. The molecule has 0 amide bonds. The van der Waals surface area contributed by atoms with Crippen molar-refractivity contribution in [1.29, 1.82) is 0 Å². The van der Waals surface area contributed by atoms with Crippen LogP contribution in [0.25, 0.3) is 0 Å². The normalized spacial score (nSPS) is 19.1. The van der Waals surface area contributed by atoms with Gasteiger partial charge in [-0.25, -0.2) is 4.39 Å². The van der Waals surface area contributed by atoms with Crippen molar-refractivity contribution in [3.8, 4) is 0 Å². The minimum atomic E-state index is -4.16. The molecule has 0 radical (unpaired) electrons. The van der Waals surface area contributed by atoms with E-state index in [-0.39, 0.29) is 13.0 Å². The lowest BCUT2D eigenvalue weighted by Crippen LogP contribution is -2.28. The minimum Gasteiger partial charge on any atom is -0.374 e. The Kier molecular flexibility index (Phi) is 4.23. The molecular formula is C13H17FO4S. The van der Waals surface area contributed by atoms with E-state index in [9.17, 15) is 12.8 Å². The van der Waals surface area contributed by atoms with Crippen LogP contribution in [0.2, 0.25) is 0 Å². The highest BCUT2D eigenvalue weighted by atomic mass is 32.2. The molecule has 1 aliphatic rings. The van der Waals surface area contributed by atoms with Crippen LogP contribution in [0.3, 0.4) is 0 Å². The maximum Gasteiger partial charge on any atom is 0.270 e. The van der Waals surface area contributed by atoms with E-state index in [2.05, 4.69) is 0 Å². The summed E-state index contributed by atoms with van der Waals surface area (Å²) in [6, 6.07) is 9.35. The van der Waals surface area contributed by atoms with Crippen LogP contribution in [0.15, 0.2) is 30.3 Å². The third-order valence-electron chi connectivity index (χ3n) is 3.36. The summed E-state index contributed by atoms with van der Waals surface area (Å²) in [6.45, 7) is 0.131. The van der Waals surface area contributed by atoms with Crippen LogP contribution >= 0.6 is 0 Å². The SMILES string of the molecule is O=S(=O)(O)C1(C[C@@H](F)COCc2ccccc2)CC1. The van der Waals surface area contributed by atoms with Crippen molar-refractivity contribution in [2.24, 2.45) is 0 Å². The number of halogens is 1. The Morgan fingerprint density at radius 1 is 1.32 bits per heavy atom. The van der Waals surface area contributed by atoms with E-state index in [0.717, 1.165) is 5.56 Å². The minimum absolute atomic E-state index is 0.161. The van der Waals surface area contributed by atoms with Crippen LogP contribution in [-0.2, 0) is 21.5 Å². The molecule has 1 atom stereocenters. The van der Waals surface area contributed by atoms with E-state index in [0.29, 0.717) is 19.4 Å². The first-order valence-electron chi connectivity index (χ1n) is 6.16. The predicted octanol–water partition coefficient (Wildman–Crippen LogP) is 2.35. The Morgan fingerprint density at radius 3 is 2.47 bits per heavy atom. The largest absolute Gasteiger partial charge is 0.374 e. The molecule has 1 fully saturated rings. The fraction of sp³-hybridized carbons (Fsp3) is 0.538. The van der Waals surface area contributed by atoms with Crippen LogP contribution < -0.4 is 0 Å². The van der Waals surface area contributed by atoms with Gasteiger partial charge in [-0.2, -0.15) is 8.42 Å². The second-order valence-corrected chi connectivity index (χ2v) is 6.78. The van der Waals surface area contributed by atoms with Crippen molar-refractivity contribution < 1.29 is 22.1 Å². The summed E-state index contributed by atoms with van der Waals surface area (Å²) in [5.74, 6) is 0. The van der Waals surface area contributed by atoms with Gasteiger partial charge in [-0.15, -0.1) is 0 Å². The zero-order valence-corrected chi connectivity index (χ0v) is 11.3. The molecule has 4 nitrogen and oxygen atoms in total. The molecule has 1 aromatic rings. The Labute approximate surface area is 112 Å². The van der Waals surface area contributed by atoms with Crippen LogP contribution in [0, 0.1) is 0 Å². The zero-order valence-electron chi connectivity index (χ0n) is 10.5. The fourth-order valence-corrected chi connectivity index (χ4v) is 3.06. The number of ether oxygens (including phenoxy) is 1. The van der Waals surface area contributed by atoms with Gasteiger partial charge in [0.2, 0.25) is 0 Å². The van der Waals surface area contributed by atoms with Gasteiger partial charge in [0.15, 0.2) is 0 Å². The second-order valence-electron chi connectivity index (χ2n) is 4.96. The van der Waals surface area contributed by atoms with Gasteiger partial charge >= 0.3 is 0 Å². The smallest absolute Gasteiger partial charge is 0.270 e. The van der Waals surface area contributed by atoms with Crippen LogP contribution in [0.4, 0.5) is 4.39 Å². The highest BCUT2D eigenvalue weighted by Crippen LogP contribution is 2.47. The van der Waals surface area contributed by atoms with E-state index in [4.69, 9.17) is 9.29 Å². The number of benzene rings is 1. The average Bonchev–Trinajstić information content (AvgIpc) is 3.11. The molecule has 0 spiro atoms. The summed E-state index contributed by atoms with van der Waals surface area (Å²) in [4.78, 5) is 0. The van der Waals surface area contributed by atoms with E-state index in [1.54, 1.807) is 0 Å². The van der Waals surface area contributed by atoms with Gasteiger partial charge in [0.05, 0.1) is 13.2 Å². The molecule has 0 saturated heterocycles. The lowest BCUT2D eigenvalue weighted by molar-refractivity contribution is 0.0650. The van der Waals surface area contributed by atoms with Gasteiger partial charge in [-0.05, 0) is 18.4 Å². The number of alkyl halides is 1. The van der Waals surface area contributed by atoms with Gasteiger partial charge in [0, 0.05) is 6.42 Å². The molecule has 0 bridgehead atoms. The van der Waals surface area contributed by atoms with Gasteiger partial charge in [-0.3, -0.25) is 4.55 Å². The standard InChI is InChI=1S/C13H17FO4S/c14-12(8-13(6-7-13)19(15,16)17)10-18-9-11-4-2-1-3-5-11/h1-5,12H,6-10H2,(H,15,16,17)/t12-/m1/s1. The van der Waals surface area contributed by atoms with Gasteiger partial charge in [-0.1, -0.05) is 30.3 Å². The molecule has 1 saturated carbocycles. The molecule has 1 N–H and O–H groups in total. The monoisotopic (exact) mass is 288 g/mol. The molecule has 2 rings (SSSR count). The van der Waals surface area contributed by atoms with Gasteiger partial charge < -0.3 is 4.74 Å². The van der Waals surface area contributed by atoms with Crippen LogP contribution in [0.1, 0.15) is 24.8 Å². The van der Waals surface area contributed by atoms with E-state index < -0.39 is 21.0 Å². The Bertz CT molecular complexity index is 511. The molecule has 6 heteroatoms. The number of hydrogen-bond donors (Lipinski definition) is 1. The summed E-state index contributed by atoms with van der Waals surface area (Å²) in [5, 5.41) is 0. The van der Waals surface area contributed by atoms with E-state index in [1.807, 2.05) is 30.3 Å². The van der Waals surface area contributed by atoms with Crippen LogP contribution in [-0.4, -0.2) is 30.5 Å². The summed E-state index contributed by atoms with van der Waals surface area (Å²) in [5.41, 5.74) is 0.936. The topological polar surface area (TPSA) is 63.6 Å². The summed E-state index contributed by atoms with van der Waals surface area (Å²) in [6.07, 6.45) is -0.926. The molecule has 1 aliphatic carbocycles. The predicted molar refractivity (Wildman–Crippen MR) is 69.1 cm³/mol. The van der Waals surface area contributed by atoms with Crippen molar-refractivity contribution in [3.63, 3.8) is 0 Å². The molecule has 19 heavy (non-hydrogen) atoms. The lowest BCUT2D eigenvalue weighted by Gasteiger charge is -2.15. The molecule has 0 unspecified atom stereocenters. The van der Waals surface area contributed by atoms with Crippen molar-refractivity contribution in [2.75, 3.05) is 6.61 Å². The van der Waals surface area contributed by atoms with E-state index >= 15 is 0 Å². The fourth-order valence-electron chi connectivity index (χ4n) is 2.05. The number of hydrogen-bond acceptors (Lipinski definition) is 3. The van der Waals surface area contributed by atoms with Crippen molar-refractivity contribution in [2.45, 2.75) is 36.8 Å².